The van der Waals surface area contributed by atoms with Crippen molar-refractivity contribution in [2.75, 3.05) is 0 Å². The maximum atomic E-state index is 13.1. The number of nitrogens with zero attached hydrogens (tertiary/aromatic N) is 4. The summed E-state index contributed by atoms with van der Waals surface area (Å²) < 4.78 is 3.44. The van der Waals surface area contributed by atoms with E-state index in [0.717, 1.165) is 22.0 Å². The molecular weight excluding hydrogens is 300 g/mol. The highest BCUT2D eigenvalue weighted by Crippen LogP contribution is 2.41. The van der Waals surface area contributed by atoms with Gasteiger partial charge >= 0.3 is 0 Å². The van der Waals surface area contributed by atoms with Crippen molar-refractivity contribution in [3.63, 3.8) is 0 Å². The number of hydrogen-bond donors (Lipinski definition) is 0. The van der Waals surface area contributed by atoms with E-state index in [9.17, 15) is 4.79 Å². The minimum atomic E-state index is -0.0981. The molecule has 1 aliphatic carbocycles. The van der Waals surface area contributed by atoms with Crippen LogP contribution in [-0.2, 0) is 7.05 Å². The minimum Gasteiger partial charge on any atom is -0.274 e. The van der Waals surface area contributed by atoms with Crippen molar-refractivity contribution in [3.05, 3.63) is 64.8 Å². The zero-order valence-electron chi connectivity index (χ0n) is 13.3. The average molecular weight is 316 g/mol. The van der Waals surface area contributed by atoms with Gasteiger partial charge in [-0.05, 0) is 42.5 Å². The van der Waals surface area contributed by atoms with Gasteiger partial charge in [0, 0.05) is 30.2 Å². The molecule has 1 fully saturated rings. The summed E-state index contributed by atoms with van der Waals surface area (Å²) in [6.45, 7) is 0. The van der Waals surface area contributed by atoms with E-state index in [4.69, 9.17) is 0 Å². The first-order valence-corrected chi connectivity index (χ1v) is 8.15. The molecule has 1 saturated carbocycles. The quantitative estimate of drug-likeness (QED) is 0.571. The van der Waals surface area contributed by atoms with Crippen molar-refractivity contribution < 1.29 is 0 Å². The molecule has 3 aromatic heterocycles. The third-order valence-electron chi connectivity index (χ3n) is 4.74. The van der Waals surface area contributed by atoms with Crippen molar-refractivity contribution in [1.29, 1.82) is 0 Å². The van der Waals surface area contributed by atoms with Crippen molar-refractivity contribution in [2.24, 2.45) is 7.05 Å². The van der Waals surface area contributed by atoms with Gasteiger partial charge in [0.05, 0.1) is 17.4 Å². The van der Waals surface area contributed by atoms with E-state index < -0.39 is 0 Å². The molecule has 5 heteroatoms. The third-order valence-corrected chi connectivity index (χ3v) is 4.74. The Bertz CT molecular complexity index is 1140. The minimum absolute atomic E-state index is 0.0981. The predicted octanol–water partition coefficient (Wildman–Crippen LogP) is 3.15. The summed E-state index contributed by atoms with van der Waals surface area (Å²) >= 11 is 0. The van der Waals surface area contributed by atoms with Crippen LogP contribution in [0.3, 0.4) is 0 Å². The topological polar surface area (TPSA) is 52.7 Å². The number of pyridine rings is 2. The maximum absolute atomic E-state index is 13.1. The lowest BCUT2D eigenvalue weighted by molar-refractivity contribution is 0.777. The van der Waals surface area contributed by atoms with Gasteiger partial charge in [-0.1, -0.05) is 12.1 Å². The summed E-state index contributed by atoms with van der Waals surface area (Å²) in [7, 11) is 1.85. The van der Waals surface area contributed by atoms with Crippen LogP contribution >= 0.6 is 0 Å². The molecular formula is C19H16N4O. The normalized spacial score (nSPS) is 14.5. The van der Waals surface area contributed by atoms with Gasteiger partial charge in [0.15, 0.2) is 5.52 Å². The maximum Gasteiger partial charge on any atom is 0.284 e. The third kappa shape index (κ3) is 1.91. The molecule has 24 heavy (non-hydrogen) atoms. The lowest BCUT2D eigenvalue weighted by Gasteiger charge is -2.12. The van der Waals surface area contributed by atoms with Crippen molar-refractivity contribution in [1.82, 2.24) is 19.3 Å². The molecule has 0 amide bonds. The Morgan fingerprint density at radius 1 is 1.17 bits per heavy atom. The van der Waals surface area contributed by atoms with E-state index in [1.807, 2.05) is 25.4 Å². The largest absolute Gasteiger partial charge is 0.284 e. The van der Waals surface area contributed by atoms with Crippen LogP contribution in [0.2, 0.25) is 0 Å². The number of aryl methyl sites for hydroxylation is 1. The molecule has 118 valence electrons. The Morgan fingerprint density at radius 3 is 2.79 bits per heavy atom. The number of aromatic nitrogens is 4. The Labute approximate surface area is 138 Å². The van der Waals surface area contributed by atoms with Crippen LogP contribution in [0.15, 0.2) is 53.7 Å². The molecule has 0 bridgehead atoms. The molecule has 0 radical (unpaired) electrons. The number of benzene rings is 1. The van der Waals surface area contributed by atoms with Crippen LogP contribution in [0.4, 0.5) is 0 Å². The van der Waals surface area contributed by atoms with E-state index in [1.54, 1.807) is 21.6 Å². The van der Waals surface area contributed by atoms with Crippen molar-refractivity contribution in [2.45, 2.75) is 18.8 Å². The Balaban J connectivity index is 1.97. The molecule has 1 aromatic carbocycles. The van der Waals surface area contributed by atoms with Gasteiger partial charge in [-0.3, -0.25) is 19.0 Å². The van der Waals surface area contributed by atoms with Crippen molar-refractivity contribution >= 4 is 21.8 Å². The summed E-state index contributed by atoms with van der Waals surface area (Å²) in [6, 6.07) is 10.2. The molecule has 3 heterocycles. The van der Waals surface area contributed by atoms with Crippen LogP contribution in [-0.4, -0.2) is 19.3 Å². The van der Waals surface area contributed by atoms with E-state index >= 15 is 0 Å². The van der Waals surface area contributed by atoms with Crippen molar-refractivity contribution in [3.8, 4) is 5.69 Å². The Hall–Kier alpha value is -2.95. The molecule has 5 nitrogen and oxygen atoms in total. The molecule has 1 aliphatic rings. The van der Waals surface area contributed by atoms with Crippen LogP contribution in [0.5, 0.6) is 0 Å². The molecule has 0 unspecified atom stereocenters. The summed E-state index contributed by atoms with van der Waals surface area (Å²) in [6.07, 6.45) is 7.82. The highest BCUT2D eigenvalue weighted by Gasteiger charge is 2.24. The lowest BCUT2D eigenvalue weighted by Crippen LogP contribution is -2.19. The van der Waals surface area contributed by atoms with Crippen LogP contribution in [0.1, 0.15) is 24.3 Å². The second kappa shape index (κ2) is 4.77. The first-order chi connectivity index (χ1) is 11.7. The molecule has 0 aliphatic heterocycles. The van der Waals surface area contributed by atoms with Gasteiger partial charge in [-0.15, -0.1) is 0 Å². The highest BCUT2D eigenvalue weighted by molar-refractivity contribution is 6.04. The summed E-state index contributed by atoms with van der Waals surface area (Å²) in [5.74, 6) is 0.636. The van der Waals surface area contributed by atoms with E-state index in [-0.39, 0.29) is 5.56 Å². The van der Waals surface area contributed by atoms with Crippen LogP contribution < -0.4 is 5.56 Å². The van der Waals surface area contributed by atoms with Gasteiger partial charge in [0.2, 0.25) is 0 Å². The second-order valence-corrected chi connectivity index (χ2v) is 6.47. The first kappa shape index (κ1) is 13.5. The van der Waals surface area contributed by atoms with Crippen LogP contribution in [0.25, 0.3) is 27.5 Å². The molecule has 0 atom stereocenters. The van der Waals surface area contributed by atoms with Gasteiger partial charge in [-0.25, -0.2) is 0 Å². The molecule has 0 N–H and O–H groups in total. The van der Waals surface area contributed by atoms with Gasteiger partial charge in [0.1, 0.15) is 0 Å². The van der Waals surface area contributed by atoms with Crippen LogP contribution in [0, 0.1) is 0 Å². The average Bonchev–Trinajstić information content (AvgIpc) is 3.37. The fourth-order valence-electron chi connectivity index (χ4n) is 3.43. The SMILES string of the molecule is Cn1cc2c(n1)c(=O)n(-c1cccnc1)c1cc(C3CC3)ccc21. The first-order valence-electron chi connectivity index (χ1n) is 8.15. The second-order valence-electron chi connectivity index (χ2n) is 6.47. The number of rotatable bonds is 2. The zero-order valence-corrected chi connectivity index (χ0v) is 13.3. The highest BCUT2D eigenvalue weighted by atomic mass is 16.1. The molecule has 0 saturated heterocycles. The van der Waals surface area contributed by atoms with E-state index in [2.05, 4.69) is 28.3 Å². The number of fused-ring (bicyclic) bond motifs is 3. The Kier molecular flexibility index (Phi) is 2.68. The number of hydrogen-bond acceptors (Lipinski definition) is 3. The summed E-state index contributed by atoms with van der Waals surface area (Å²) in [4.78, 5) is 17.3. The fourth-order valence-corrected chi connectivity index (χ4v) is 3.43. The summed E-state index contributed by atoms with van der Waals surface area (Å²) in [5, 5.41) is 6.33. The molecule has 0 spiro atoms. The monoisotopic (exact) mass is 316 g/mol. The van der Waals surface area contributed by atoms with E-state index in [0.29, 0.717) is 11.4 Å². The Morgan fingerprint density at radius 2 is 2.04 bits per heavy atom. The molecule has 5 rings (SSSR count). The van der Waals surface area contributed by atoms with Gasteiger partial charge < -0.3 is 0 Å². The van der Waals surface area contributed by atoms with Gasteiger partial charge in [0.25, 0.3) is 5.56 Å². The summed E-state index contributed by atoms with van der Waals surface area (Å²) in [5.41, 5.74) is 3.40. The van der Waals surface area contributed by atoms with Gasteiger partial charge in [-0.2, -0.15) is 5.10 Å². The smallest absolute Gasteiger partial charge is 0.274 e. The standard InChI is InChI=1S/C19H16N4O/c1-22-11-16-15-7-6-13(12-4-5-12)9-17(15)23(19(24)18(16)21-22)14-3-2-8-20-10-14/h2-3,6-12H,4-5H2,1H3. The fraction of sp³-hybridized carbons (Fsp3) is 0.211. The molecule has 4 aromatic rings. The lowest BCUT2D eigenvalue weighted by atomic mass is 10.0. The zero-order chi connectivity index (χ0) is 16.3. The predicted molar refractivity (Wildman–Crippen MR) is 93.6 cm³/mol. The van der Waals surface area contributed by atoms with E-state index in [1.165, 1.54) is 18.4 Å².